The molecular formula is C27H23N. The Bertz CT molecular complexity index is 1140. The van der Waals surface area contributed by atoms with Gasteiger partial charge in [0.25, 0.3) is 0 Å². The van der Waals surface area contributed by atoms with Gasteiger partial charge in [0.15, 0.2) is 0 Å². The van der Waals surface area contributed by atoms with Gasteiger partial charge in [-0.2, -0.15) is 0 Å². The second kappa shape index (κ2) is 6.38. The Morgan fingerprint density at radius 1 is 0.536 bits per heavy atom. The van der Waals surface area contributed by atoms with Crippen LogP contribution < -0.4 is 5.32 Å². The van der Waals surface area contributed by atoms with Gasteiger partial charge in [-0.3, -0.25) is 0 Å². The first kappa shape index (κ1) is 16.8. The zero-order valence-electron chi connectivity index (χ0n) is 16.2. The molecule has 0 atom stereocenters. The van der Waals surface area contributed by atoms with Gasteiger partial charge in [0, 0.05) is 16.8 Å². The van der Waals surface area contributed by atoms with E-state index in [1.165, 1.54) is 33.4 Å². The molecule has 4 aromatic carbocycles. The number of hydrogen-bond donors (Lipinski definition) is 1. The van der Waals surface area contributed by atoms with E-state index < -0.39 is 0 Å². The molecule has 4 aromatic rings. The predicted octanol–water partition coefficient (Wildman–Crippen LogP) is 7.40. The summed E-state index contributed by atoms with van der Waals surface area (Å²) in [6.07, 6.45) is 0. The average molecular weight is 361 g/mol. The molecule has 1 aliphatic carbocycles. The lowest BCUT2D eigenvalue weighted by molar-refractivity contribution is 0.660. The summed E-state index contributed by atoms with van der Waals surface area (Å²) in [6, 6.07) is 34.7. The second-order valence-electron chi connectivity index (χ2n) is 8.00. The summed E-state index contributed by atoms with van der Waals surface area (Å²) in [6.45, 7) is 4.64. The highest BCUT2D eigenvalue weighted by atomic mass is 14.9. The number of nitrogens with one attached hydrogen (secondary N) is 1. The third kappa shape index (κ3) is 2.71. The molecule has 1 nitrogen and oxygen atoms in total. The maximum atomic E-state index is 3.45. The number of anilines is 2. The molecule has 0 amide bonds. The Hall–Kier alpha value is -3.32. The molecule has 1 heteroatoms. The molecule has 0 fully saturated rings. The molecule has 28 heavy (non-hydrogen) atoms. The van der Waals surface area contributed by atoms with Gasteiger partial charge in [-0.1, -0.05) is 80.6 Å². The van der Waals surface area contributed by atoms with E-state index in [-0.39, 0.29) is 5.41 Å². The van der Waals surface area contributed by atoms with Crippen molar-refractivity contribution in [3.05, 3.63) is 108 Å². The van der Waals surface area contributed by atoms with Crippen molar-refractivity contribution in [3.8, 4) is 22.3 Å². The van der Waals surface area contributed by atoms with E-state index in [0.29, 0.717) is 0 Å². The first-order valence-corrected chi connectivity index (χ1v) is 9.80. The van der Waals surface area contributed by atoms with Crippen molar-refractivity contribution in [1.82, 2.24) is 0 Å². The van der Waals surface area contributed by atoms with Crippen molar-refractivity contribution in [2.75, 3.05) is 5.32 Å². The summed E-state index contributed by atoms with van der Waals surface area (Å²) in [4.78, 5) is 0. The van der Waals surface area contributed by atoms with Gasteiger partial charge < -0.3 is 5.32 Å². The normalized spacial score (nSPS) is 13.6. The first-order chi connectivity index (χ1) is 13.6. The van der Waals surface area contributed by atoms with E-state index in [1.807, 2.05) is 18.2 Å². The van der Waals surface area contributed by atoms with Crippen LogP contribution in [0.25, 0.3) is 22.3 Å². The fourth-order valence-corrected chi connectivity index (χ4v) is 4.33. The SMILES string of the molecule is CC1(C)c2ccccc2-c2cc(-c3ccc(Nc4ccccc4)cc3)ccc21. The number of hydrogen-bond acceptors (Lipinski definition) is 1. The summed E-state index contributed by atoms with van der Waals surface area (Å²) in [5.74, 6) is 0. The molecule has 0 bridgehead atoms. The smallest absolute Gasteiger partial charge is 0.0384 e. The van der Waals surface area contributed by atoms with Crippen molar-refractivity contribution in [2.24, 2.45) is 0 Å². The van der Waals surface area contributed by atoms with E-state index in [2.05, 4.69) is 98.0 Å². The molecular weight excluding hydrogens is 338 g/mol. The zero-order chi connectivity index (χ0) is 19.1. The maximum absolute atomic E-state index is 3.45. The van der Waals surface area contributed by atoms with Crippen LogP contribution >= 0.6 is 0 Å². The largest absolute Gasteiger partial charge is 0.356 e. The average Bonchev–Trinajstić information content (AvgIpc) is 2.97. The quantitative estimate of drug-likeness (QED) is 0.401. The fourth-order valence-electron chi connectivity index (χ4n) is 4.33. The van der Waals surface area contributed by atoms with Crippen molar-refractivity contribution in [3.63, 3.8) is 0 Å². The summed E-state index contributed by atoms with van der Waals surface area (Å²) in [5, 5.41) is 3.45. The van der Waals surface area contributed by atoms with Crippen LogP contribution in [0.5, 0.6) is 0 Å². The Kier molecular flexibility index (Phi) is 3.84. The summed E-state index contributed by atoms with van der Waals surface area (Å²) >= 11 is 0. The van der Waals surface area contributed by atoms with Crippen molar-refractivity contribution >= 4 is 11.4 Å². The molecule has 136 valence electrons. The zero-order valence-corrected chi connectivity index (χ0v) is 16.2. The topological polar surface area (TPSA) is 12.0 Å². The highest BCUT2D eigenvalue weighted by Gasteiger charge is 2.34. The van der Waals surface area contributed by atoms with E-state index in [1.54, 1.807) is 0 Å². The van der Waals surface area contributed by atoms with Crippen molar-refractivity contribution < 1.29 is 0 Å². The molecule has 1 aliphatic rings. The summed E-state index contributed by atoms with van der Waals surface area (Å²) in [7, 11) is 0. The van der Waals surface area contributed by atoms with E-state index in [4.69, 9.17) is 0 Å². The van der Waals surface area contributed by atoms with Crippen LogP contribution in [0.2, 0.25) is 0 Å². The lowest BCUT2D eigenvalue weighted by Crippen LogP contribution is -2.14. The van der Waals surface area contributed by atoms with Gasteiger partial charge in [0.2, 0.25) is 0 Å². The van der Waals surface area contributed by atoms with Crippen LogP contribution in [-0.2, 0) is 5.41 Å². The lowest BCUT2D eigenvalue weighted by atomic mass is 9.82. The summed E-state index contributed by atoms with van der Waals surface area (Å²) in [5.41, 5.74) is 10.3. The molecule has 0 heterocycles. The Morgan fingerprint density at radius 2 is 1.14 bits per heavy atom. The molecule has 0 spiro atoms. The van der Waals surface area contributed by atoms with Gasteiger partial charge in [0.05, 0.1) is 0 Å². The maximum Gasteiger partial charge on any atom is 0.0384 e. The van der Waals surface area contributed by atoms with Gasteiger partial charge >= 0.3 is 0 Å². The number of para-hydroxylation sites is 1. The highest BCUT2D eigenvalue weighted by molar-refractivity contribution is 5.84. The Morgan fingerprint density at radius 3 is 1.93 bits per heavy atom. The molecule has 0 unspecified atom stereocenters. The Labute approximate surface area is 166 Å². The number of rotatable bonds is 3. The predicted molar refractivity (Wildman–Crippen MR) is 119 cm³/mol. The minimum Gasteiger partial charge on any atom is -0.356 e. The molecule has 0 saturated carbocycles. The number of fused-ring (bicyclic) bond motifs is 3. The molecule has 1 N–H and O–H groups in total. The van der Waals surface area contributed by atoms with Crippen molar-refractivity contribution in [2.45, 2.75) is 19.3 Å². The van der Waals surface area contributed by atoms with E-state index >= 15 is 0 Å². The lowest BCUT2D eigenvalue weighted by Gasteiger charge is -2.21. The molecule has 0 aromatic heterocycles. The number of benzene rings is 4. The minimum atomic E-state index is 0.0634. The van der Waals surface area contributed by atoms with Crippen LogP contribution in [0.3, 0.4) is 0 Å². The van der Waals surface area contributed by atoms with Gasteiger partial charge in [-0.05, 0) is 63.7 Å². The van der Waals surface area contributed by atoms with E-state index in [9.17, 15) is 0 Å². The monoisotopic (exact) mass is 361 g/mol. The standard InChI is InChI=1S/C27H23N/c1-27(2)25-11-7-6-10-23(25)24-18-20(14-17-26(24)27)19-12-15-22(16-13-19)28-21-8-4-3-5-9-21/h3-18,28H,1-2H3. The van der Waals surface area contributed by atoms with Gasteiger partial charge in [-0.25, -0.2) is 0 Å². The van der Waals surface area contributed by atoms with Crippen LogP contribution in [0.1, 0.15) is 25.0 Å². The minimum absolute atomic E-state index is 0.0634. The third-order valence-corrected chi connectivity index (χ3v) is 5.86. The second-order valence-corrected chi connectivity index (χ2v) is 8.00. The highest BCUT2D eigenvalue weighted by Crippen LogP contribution is 2.49. The van der Waals surface area contributed by atoms with Crippen LogP contribution in [-0.4, -0.2) is 0 Å². The van der Waals surface area contributed by atoms with Crippen LogP contribution in [0.4, 0.5) is 11.4 Å². The van der Waals surface area contributed by atoms with Gasteiger partial charge in [0.1, 0.15) is 0 Å². The van der Waals surface area contributed by atoms with Crippen LogP contribution in [0.15, 0.2) is 97.1 Å². The molecule has 0 radical (unpaired) electrons. The van der Waals surface area contributed by atoms with E-state index in [0.717, 1.165) is 11.4 Å². The molecule has 0 saturated heterocycles. The van der Waals surface area contributed by atoms with Crippen LogP contribution in [0, 0.1) is 0 Å². The molecule has 0 aliphatic heterocycles. The van der Waals surface area contributed by atoms with Gasteiger partial charge in [-0.15, -0.1) is 0 Å². The van der Waals surface area contributed by atoms with Crippen molar-refractivity contribution in [1.29, 1.82) is 0 Å². The Balaban J connectivity index is 1.49. The fraction of sp³-hybridized carbons (Fsp3) is 0.111. The molecule has 5 rings (SSSR count). The first-order valence-electron chi connectivity index (χ1n) is 9.80. The third-order valence-electron chi connectivity index (χ3n) is 5.86. The summed E-state index contributed by atoms with van der Waals surface area (Å²) < 4.78 is 0.